The van der Waals surface area contributed by atoms with Crippen LogP contribution in [0.2, 0.25) is 0 Å². The summed E-state index contributed by atoms with van der Waals surface area (Å²) in [6.07, 6.45) is 5.48. The maximum absolute atomic E-state index is 5.63. The Kier molecular flexibility index (Phi) is 4.73. The van der Waals surface area contributed by atoms with Crippen LogP contribution in [0.15, 0.2) is 23.1 Å². The summed E-state index contributed by atoms with van der Waals surface area (Å²) in [6, 6.07) is 7.00. The van der Waals surface area contributed by atoms with E-state index < -0.39 is 0 Å². The fourth-order valence-corrected chi connectivity index (χ4v) is 3.80. The Hall–Kier alpha value is -0.870. The van der Waals surface area contributed by atoms with Gasteiger partial charge in [-0.25, -0.2) is 0 Å². The molecule has 0 amide bonds. The van der Waals surface area contributed by atoms with Crippen molar-refractivity contribution in [3.05, 3.63) is 18.2 Å². The van der Waals surface area contributed by atoms with Gasteiger partial charge in [-0.05, 0) is 31.0 Å². The van der Waals surface area contributed by atoms with E-state index in [1.165, 1.54) is 30.6 Å². The Morgan fingerprint density at radius 2 is 1.95 bits per heavy atom. The molecule has 3 rings (SSSR count). The molecule has 110 valence electrons. The van der Waals surface area contributed by atoms with Gasteiger partial charge in [-0.1, -0.05) is 19.8 Å². The number of rotatable bonds is 5. The smallest absolute Gasteiger partial charge is 0.162 e. The lowest BCUT2D eigenvalue weighted by Gasteiger charge is -2.20. The first kappa shape index (κ1) is 14.1. The maximum atomic E-state index is 5.63. The van der Waals surface area contributed by atoms with Crippen LogP contribution < -0.4 is 14.8 Å². The van der Waals surface area contributed by atoms with Crippen LogP contribution >= 0.6 is 11.8 Å². The van der Waals surface area contributed by atoms with Gasteiger partial charge in [-0.3, -0.25) is 0 Å². The van der Waals surface area contributed by atoms with Crippen LogP contribution in [0.1, 0.15) is 32.6 Å². The molecule has 1 aliphatic carbocycles. The average molecular weight is 293 g/mol. The van der Waals surface area contributed by atoms with Gasteiger partial charge in [0.05, 0.1) is 0 Å². The van der Waals surface area contributed by atoms with E-state index in [2.05, 4.69) is 24.4 Å². The normalized spacial score (nSPS) is 20.1. The molecule has 1 aromatic carbocycles. The molecule has 3 nitrogen and oxygen atoms in total. The number of thioether (sulfide) groups is 1. The third-order valence-corrected chi connectivity index (χ3v) is 5.00. The van der Waals surface area contributed by atoms with Crippen molar-refractivity contribution >= 4 is 11.8 Å². The first-order valence-corrected chi connectivity index (χ1v) is 8.49. The van der Waals surface area contributed by atoms with Crippen molar-refractivity contribution in [3.63, 3.8) is 0 Å². The van der Waals surface area contributed by atoms with Crippen LogP contribution in [0.4, 0.5) is 0 Å². The lowest BCUT2D eigenvalue weighted by atomic mass is 10.2. The molecule has 1 N–H and O–H groups in total. The van der Waals surface area contributed by atoms with E-state index in [4.69, 9.17) is 9.47 Å². The second-order valence-electron chi connectivity index (χ2n) is 5.62. The Morgan fingerprint density at radius 3 is 2.75 bits per heavy atom. The van der Waals surface area contributed by atoms with Crippen molar-refractivity contribution in [3.8, 4) is 11.5 Å². The quantitative estimate of drug-likeness (QED) is 0.842. The van der Waals surface area contributed by atoms with Gasteiger partial charge in [0.25, 0.3) is 0 Å². The molecule has 0 aromatic heterocycles. The minimum absolute atomic E-state index is 0.568. The standard InChI is InChI=1S/C16H23NO2S/c1-12(11-17-13-4-2-3-5-13)20-14-6-7-15-16(10-14)19-9-8-18-15/h6-7,10,12-13,17H,2-5,8-9,11H2,1H3. The summed E-state index contributed by atoms with van der Waals surface area (Å²) < 4.78 is 11.2. The molecule has 1 unspecified atom stereocenters. The fraction of sp³-hybridized carbons (Fsp3) is 0.625. The highest BCUT2D eigenvalue weighted by Crippen LogP contribution is 2.35. The molecule has 1 atom stereocenters. The molecule has 1 aliphatic heterocycles. The highest BCUT2D eigenvalue weighted by atomic mass is 32.2. The van der Waals surface area contributed by atoms with Crippen molar-refractivity contribution < 1.29 is 9.47 Å². The molecule has 2 aliphatic rings. The first-order chi connectivity index (χ1) is 9.81. The zero-order valence-corrected chi connectivity index (χ0v) is 12.9. The molecule has 0 spiro atoms. The van der Waals surface area contributed by atoms with E-state index in [0.29, 0.717) is 18.5 Å². The predicted octanol–water partition coefficient (Wildman–Crippen LogP) is 3.47. The second kappa shape index (κ2) is 6.72. The Morgan fingerprint density at radius 1 is 1.20 bits per heavy atom. The largest absolute Gasteiger partial charge is 0.486 e. The summed E-state index contributed by atoms with van der Waals surface area (Å²) in [5.41, 5.74) is 0. The van der Waals surface area contributed by atoms with E-state index in [0.717, 1.165) is 24.1 Å². The van der Waals surface area contributed by atoms with E-state index >= 15 is 0 Å². The zero-order chi connectivity index (χ0) is 13.8. The molecule has 1 aromatic rings. The van der Waals surface area contributed by atoms with E-state index in [1.807, 2.05) is 17.8 Å². The topological polar surface area (TPSA) is 30.5 Å². The Labute approximate surface area is 125 Å². The second-order valence-corrected chi connectivity index (χ2v) is 7.14. The van der Waals surface area contributed by atoms with Crippen molar-refractivity contribution in [2.24, 2.45) is 0 Å². The molecule has 1 saturated carbocycles. The van der Waals surface area contributed by atoms with Crippen LogP contribution in [0.25, 0.3) is 0 Å². The number of hydrogen-bond donors (Lipinski definition) is 1. The van der Waals surface area contributed by atoms with Crippen LogP contribution in [-0.2, 0) is 0 Å². The minimum atomic E-state index is 0.568. The number of hydrogen-bond acceptors (Lipinski definition) is 4. The van der Waals surface area contributed by atoms with Crippen LogP contribution in [0.3, 0.4) is 0 Å². The highest BCUT2D eigenvalue weighted by molar-refractivity contribution is 8.00. The summed E-state index contributed by atoms with van der Waals surface area (Å²) in [5.74, 6) is 1.76. The fourth-order valence-electron chi connectivity index (χ4n) is 2.83. The summed E-state index contributed by atoms with van der Waals surface area (Å²) in [6.45, 7) is 4.66. The zero-order valence-electron chi connectivity index (χ0n) is 12.1. The van der Waals surface area contributed by atoms with Crippen molar-refractivity contribution in [2.45, 2.75) is 48.8 Å². The third-order valence-electron chi connectivity index (χ3n) is 3.90. The number of benzene rings is 1. The molecule has 1 fully saturated rings. The summed E-state index contributed by atoms with van der Waals surface area (Å²) in [7, 11) is 0. The van der Waals surface area contributed by atoms with E-state index in [1.54, 1.807) is 0 Å². The molecule has 1 heterocycles. The molecule has 20 heavy (non-hydrogen) atoms. The lowest BCUT2D eigenvalue weighted by Crippen LogP contribution is -2.31. The number of ether oxygens (including phenoxy) is 2. The maximum Gasteiger partial charge on any atom is 0.162 e. The first-order valence-electron chi connectivity index (χ1n) is 7.61. The monoisotopic (exact) mass is 293 g/mol. The van der Waals surface area contributed by atoms with Gasteiger partial charge in [0, 0.05) is 22.7 Å². The number of nitrogens with one attached hydrogen (secondary N) is 1. The molecule has 0 saturated heterocycles. The van der Waals surface area contributed by atoms with Crippen LogP contribution in [-0.4, -0.2) is 31.1 Å². The van der Waals surface area contributed by atoms with Crippen LogP contribution in [0.5, 0.6) is 11.5 Å². The van der Waals surface area contributed by atoms with Gasteiger partial charge in [0.2, 0.25) is 0 Å². The average Bonchev–Trinajstić information content (AvgIpc) is 2.98. The minimum Gasteiger partial charge on any atom is -0.486 e. The van der Waals surface area contributed by atoms with Crippen LogP contribution in [0, 0.1) is 0 Å². The predicted molar refractivity (Wildman–Crippen MR) is 83.0 cm³/mol. The van der Waals surface area contributed by atoms with Gasteiger partial charge in [-0.15, -0.1) is 11.8 Å². The van der Waals surface area contributed by atoms with Gasteiger partial charge in [0.15, 0.2) is 11.5 Å². The summed E-state index contributed by atoms with van der Waals surface area (Å²) >= 11 is 1.90. The van der Waals surface area contributed by atoms with Crippen molar-refractivity contribution in [1.82, 2.24) is 5.32 Å². The molecular weight excluding hydrogens is 270 g/mol. The molecule has 0 radical (unpaired) electrons. The SMILES string of the molecule is CC(CNC1CCCC1)Sc1ccc2c(c1)OCCO2. The highest BCUT2D eigenvalue weighted by Gasteiger charge is 2.16. The van der Waals surface area contributed by atoms with Crippen molar-refractivity contribution in [1.29, 1.82) is 0 Å². The van der Waals surface area contributed by atoms with Gasteiger partial charge >= 0.3 is 0 Å². The lowest BCUT2D eigenvalue weighted by molar-refractivity contribution is 0.171. The molecule has 4 heteroatoms. The Bertz CT molecular complexity index is 446. The third kappa shape index (κ3) is 3.61. The number of fused-ring (bicyclic) bond motifs is 1. The summed E-state index contributed by atoms with van der Waals surface area (Å²) in [5, 5.41) is 4.25. The molecule has 0 bridgehead atoms. The van der Waals surface area contributed by atoms with E-state index in [9.17, 15) is 0 Å². The van der Waals surface area contributed by atoms with Crippen molar-refractivity contribution in [2.75, 3.05) is 19.8 Å². The molecular formula is C16H23NO2S. The summed E-state index contributed by atoms with van der Waals surface area (Å²) in [4.78, 5) is 1.26. The van der Waals surface area contributed by atoms with Gasteiger partial charge < -0.3 is 14.8 Å². The Balaban J connectivity index is 1.51. The van der Waals surface area contributed by atoms with Gasteiger partial charge in [-0.2, -0.15) is 0 Å². The van der Waals surface area contributed by atoms with E-state index in [-0.39, 0.29) is 0 Å². The van der Waals surface area contributed by atoms with Gasteiger partial charge in [0.1, 0.15) is 13.2 Å².